The number of rotatable bonds is 5. The average Bonchev–Trinajstić information content (AvgIpc) is 2.89. The van der Waals surface area contributed by atoms with E-state index in [-0.39, 0.29) is 17.7 Å². The lowest BCUT2D eigenvalue weighted by Crippen LogP contribution is -2.27. The summed E-state index contributed by atoms with van der Waals surface area (Å²) in [4.78, 5) is 26.6. The second-order valence-corrected chi connectivity index (χ2v) is 6.86. The number of amides is 2. The van der Waals surface area contributed by atoms with E-state index in [0.717, 1.165) is 28.5 Å². The fourth-order valence-corrected chi connectivity index (χ4v) is 3.56. The molecule has 5 nitrogen and oxygen atoms in total. The van der Waals surface area contributed by atoms with E-state index in [1.165, 1.54) is 4.90 Å². The molecule has 134 valence electrons. The number of nitrogens with zero attached hydrogens (tertiary/aromatic N) is 1. The van der Waals surface area contributed by atoms with E-state index in [2.05, 4.69) is 0 Å². The van der Waals surface area contributed by atoms with Crippen LogP contribution in [0.1, 0.15) is 16.7 Å². The molecule has 0 saturated carbocycles. The van der Waals surface area contributed by atoms with E-state index < -0.39 is 0 Å². The van der Waals surface area contributed by atoms with Crippen LogP contribution in [0.4, 0.5) is 4.79 Å². The van der Waals surface area contributed by atoms with Gasteiger partial charge in [-0.1, -0.05) is 35.9 Å². The van der Waals surface area contributed by atoms with Gasteiger partial charge in [0.15, 0.2) is 11.5 Å². The maximum Gasteiger partial charge on any atom is 0.293 e. The molecule has 1 fully saturated rings. The van der Waals surface area contributed by atoms with E-state index in [9.17, 15) is 9.59 Å². The van der Waals surface area contributed by atoms with Crippen molar-refractivity contribution in [1.29, 1.82) is 0 Å². The van der Waals surface area contributed by atoms with Crippen molar-refractivity contribution in [2.75, 3.05) is 14.2 Å². The lowest BCUT2D eigenvalue weighted by Gasteiger charge is -2.12. The molecular weight excluding hydrogens is 350 g/mol. The normalized spacial score (nSPS) is 15.7. The number of carbonyl (C=O) groups excluding carboxylic acids is 2. The summed E-state index contributed by atoms with van der Waals surface area (Å²) in [5.41, 5.74) is 2.79. The van der Waals surface area contributed by atoms with E-state index >= 15 is 0 Å². The molecule has 0 atom stereocenters. The Morgan fingerprint density at radius 3 is 2.50 bits per heavy atom. The molecule has 2 aromatic carbocycles. The summed E-state index contributed by atoms with van der Waals surface area (Å²) in [6.07, 6.45) is 1.70. The van der Waals surface area contributed by atoms with Gasteiger partial charge in [0.2, 0.25) is 0 Å². The summed E-state index contributed by atoms with van der Waals surface area (Å²) in [5, 5.41) is -0.261. The number of methoxy groups -OCH3 is 2. The van der Waals surface area contributed by atoms with Crippen molar-refractivity contribution in [1.82, 2.24) is 4.90 Å². The van der Waals surface area contributed by atoms with E-state index in [1.807, 2.05) is 37.3 Å². The van der Waals surface area contributed by atoms with Crippen LogP contribution in [-0.2, 0) is 11.3 Å². The van der Waals surface area contributed by atoms with Gasteiger partial charge in [0, 0.05) is 0 Å². The largest absolute Gasteiger partial charge is 0.493 e. The molecule has 1 aliphatic heterocycles. The van der Waals surface area contributed by atoms with Gasteiger partial charge in [-0.3, -0.25) is 14.5 Å². The van der Waals surface area contributed by atoms with Crippen LogP contribution >= 0.6 is 11.8 Å². The molecule has 0 aromatic heterocycles. The third-order valence-corrected chi connectivity index (χ3v) is 4.91. The maximum absolute atomic E-state index is 12.6. The Hall–Kier alpha value is -2.73. The first-order valence-corrected chi connectivity index (χ1v) is 8.86. The van der Waals surface area contributed by atoms with Gasteiger partial charge in [-0.15, -0.1) is 0 Å². The Kier molecular flexibility index (Phi) is 5.32. The van der Waals surface area contributed by atoms with E-state index in [4.69, 9.17) is 9.47 Å². The van der Waals surface area contributed by atoms with Crippen LogP contribution in [0, 0.1) is 6.92 Å². The van der Waals surface area contributed by atoms with E-state index in [0.29, 0.717) is 16.4 Å². The van der Waals surface area contributed by atoms with Crippen molar-refractivity contribution in [3.05, 3.63) is 64.1 Å². The first-order valence-electron chi connectivity index (χ1n) is 8.04. The highest BCUT2D eigenvalue weighted by Gasteiger charge is 2.35. The molecule has 2 amide bonds. The van der Waals surface area contributed by atoms with Crippen LogP contribution in [0.5, 0.6) is 11.5 Å². The predicted molar refractivity (Wildman–Crippen MR) is 102 cm³/mol. The van der Waals surface area contributed by atoms with Crippen molar-refractivity contribution in [2.45, 2.75) is 13.5 Å². The van der Waals surface area contributed by atoms with Crippen LogP contribution in [0.25, 0.3) is 6.08 Å². The summed E-state index contributed by atoms with van der Waals surface area (Å²) in [6.45, 7) is 2.25. The van der Waals surface area contributed by atoms with Gasteiger partial charge >= 0.3 is 0 Å². The molecule has 3 rings (SSSR count). The molecule has 26 heavy (non-hydrogen) atoms. The van der Waals surface area contributed by atoms with E-state index in [1.54, 1.807) is 32.4 Å². The Morgan fingerprint density at radius 1 is 1.04 bits per heavy atom. The number of carbonyl (C=O) groups is 2. The predicted octanol–water partition coefficient (Wildman–Crippen LogP) is 4.25. The van der Waals surface area contributed by atoms with Crippen LogP contribution in [0.3, 0.4) is 0 Å². The molecule has 1 aliphatic rings. The zero-order valence-electron chi connectivity index (χ0n) is 14.8. The molecule has 0 aliphatic carbocycles. The minimum Gasteiger partial charge on any atom is -0.493 e. The molecular formula is C20H19NO4S. The van der Waals surface area contributed by atoms with Crippen molar-refractivity contribution in [3.8, 4) is 11.5 Å². The molecule has 0 spiro atoms. The van der Waals surface area contributed by atoms with Gasteiger partial charge < -0.3 is 9.47 Å². The first-order chi connectivity index (χ1) is 12.5. The number of aryl methyl sites for hydroxylation is 1. The molecule has 0 radical (unpaired) electrons. The monoisotopic (exact) mass is 369 g/mol. The molecule has 0 unspecified atom stereocenters. The van der Waals surface area contributed by atoms with Crippen LogP contribution in [0.2, 0.25) is 0 Å². The van der Waals surface area contributed by atoms with Crippen LogP contribution in [0.15, 0.2) is 47.4 Å². The minimum atomic E-state index is -0.281. The van der Waals surface area contributed by atoms with Gasteiger partial charge in [0.25, 0.3) is 11.1 Å². The Bertz CT molecular complexity index is 891. The van der Waals surface area contributed by atoms with Crippen molar-refractivity contribution >= 4 is 29.0 Å². The summed E-state index contributed by atoms with van der Waals surface area (Å²) in [5.74, 6) is 0.897. The number of hydrogen-bond donors (Lipinski definition) is 0. The zero-order chi connectivity index (χ0) is 18.7. The highest BCUT2D eigenvalue weighted by atomic mass is 32.2. The smallest absolute Gasteiger partial charge is 0.293 e. The molecule has 0 N–H and O–H groups in total. The average molecular weight is 369 g/mol. The van der Waals surface area contributed by atoms with Crippen LogP contribution < -0.4 is 9.47 Å². The molecule has 6 heteroatoms. The first kappa shape index (κ1) is 18.1. The van der Waals surface area contributed by atoms with Gasteiger partial charge in [-0.2, -0.15) is 0 Å². The number of hydrogen-bond acceptors (Lipinski definition) is 5. The molecule has 2 aromatic rings. The van der Waals surface area contributed by atoms with Crippen molar-refractivity contribution < 1.29 is 19.1 Å². The number of ether oxygens (including phenoxy) is 2. The number of benzene rings is 2. The Labute approximate surface area is 156 Å². The highest BCUT2D eigenvalue weighted by molar-refractivity contribution is 8.18. The lowest BCUT2D eigenvalue weighted by molar-refractivity contribution is -0.123. The third-order valence-electron chi connectivity index (χ3n) is 4.00. The topological polar surface area (TPSA) is 55.8 Å². The fourth-order valence-electron chi connectivity index (χ4n) is 2.72. The lowest BCUT2D eigenvalue weighted by atomic mass is 10.1. The summed E-state index contributed by atoms with van der Waals surface area (Å²) >= 11 is 0.950. The Morgan fingerprint density at radius 2 is 1.81 bits per heavy atom. The standard InChI is InChI=1S/C20H19NO4S/c1-13-5-4-6-15(9-13)12-21-19(22)18(26-20(21)23)11-14-7-8-16(24-2)17(10-14)25-3/h4-11H,12H2,1-3H3/b18-11-. The van der Waals surface area contributed by atoms with Gasteiger partial charge in [-0.25, -0.2) is 0 Å². The zero-order valence-corrected chi connectivity index (χ0v) is 15.6. The van der Waals surface area contributed by atoms with Crippen molar-refractivity contribution in [2.24, 2.45) is 0 Å². The van der Waals surface area contributed by atoms with Gasteiger partial charge in [0.05, 0.1) is 25.7 Å². The van der Waals surface area contributed by atoms with Gasteiger partial charge in [-0.05, 0) is 48.0 Å². The number of thioether (sulfide) groups is 1. The quantitative estimate of drug-likeness (QED) is 0.738. The van der Waals surface area contributed by atoms with Crippen LogP contribution in [-0.4, -0.2) is 30.3 Å². The molecule has 1 saturated heterocycles. The highest BCUT2D eigenvalue weighted by Crippen LogP contribution is 2.35. The second kappa shape index (κ2) is 7.66. The van der Waals surface area contributed by atoms with Crippen molar-refractivity contribution in [3.63, 3.8) is 0 Å². The summed E-state index contributed by atoms with van der Waals surface area (Å²) in [6, 6.07) is 13.1. The summed E-state index contributed by atoms with van der Waals surface area (Å²) < 4.78 is 10.5. The minimum absolute atomic E-state index is 0.261. The molecule has 0 bridgehead atoms. The number of imide groups is 1. The second-order valence-electron chi connectivity index (χ2n) is 5.87. The van der Waals surface area contributed by atoms with Gasteiger partial charge in [0.1, 0.15) is 0 Å². The third kappa shape index (κ3) is 3.75. The molecule has 1 heterocycles. The SMILES string of the molecule is COc1ccc(/C=C2\SC(=O)N(Cc3cccc(C)c3)C2=O)cc1OC. The summed E-state index contributed by atoms with van der Waals surface area (Å²) in [7, 11) is 3.12. The fraction of sp³-hybridized carbons (Fsp3) is 0.200. The Balaban J connectivity index is 1.83. The maximum atomic E-state index is 12.6.